The maximum absolute atomic E-state index is 13.3. The Labute approximate surface area is 219 Å². The number of ether oxygens (including phenoxy) is 1. The van der Waals surface area contributed by atoms with Gasteiger partial charge in [0.2, 0.25) is 10.0 Å². The zero-order chi connectivity index (χ0) is 25.3. The van der Waals surface area contributed by atoms with Gasteiger partial charge in [-0.3, -0.25) is 9.69 Å². The Balaban J connectivity index is 1.60. The molecular formula is C25H24N4O4S3. The van der Waals surface area contributed by atoms with Crippen LogP contribution in [0.25, 0.3) is 23.0 Å². The summed E-state index contributed by atoms with van der Waals surface area (Å²) in [5.74, 6) is -0.144. The minimum atomic E-state index is -3.68. The number of thiocarbonyl (C=S) groups is 1. The Bertz CT molecular complexity index is 1440. The molecule has 0 radical (unpaired) electrons. The average Bonchev–Trinajstić information content (AvgIpc) is 3.45. The van der Waals surface area contributed by atoms with E-state index in [1.165, 1.54) is 16.1 Å². The van der Waals surface area contributed by atoms with Gasteiger partial charge in [-0.15, -0.1) is 0 Å². The lowest BCUT2D eigenvalue weighted by molar-refractivity contribution is -0.121. The minimum absolute atomic E-state index is 0.144. The minimum Gasteiger partial charge on any atom is -0.379 e. The van der Waals surface area contributed by atoms with Crippen LogP contribution in [-0.4, -0.2) is 70.5 Å². The van der Waals surface area contributed by atoms with Crippen LogP contribution in [0.15, 0.2) is 70.6 Å². The smallest absolute Gasteiger partial charge is 0.266 e. The fourth-order valence-corrected chi connectivity index (χ4v) is 6.91. The second-order valence-electron chi connectivity index (χ2n) is 8.18. The SMILES string of the molecule is CCN1C(=O)C(=Cc2cn(-c3ccccc3)nc2-c2cccc(S(=O)(=O)N3CCOCC3)c2)SC1=S. The van der Waals surface area contributed by atoms with E-state index in [-0.39, 0.29) is 10.8 Å². The summed E-state index contributed by atoms with van der Waals surface area (Å²) in [6, 6.07) is 16.4. The first-order valence-corrected chi connectivity index (χ1v) is 14.1. The summed E-state index contributed by atoms with van der Waals surface area (Å²) in [5.41, 5.74) is 2.74. The molecule has 2 aromatic carbocycles. The van der Waals surface area contributed by atoms with E-state index >= 15 is 0 Å². The van der Waals surface area contributed by atoms with Gasteiger partial charge in [-0.2, -0.15) is 9.40 Å². The van der Waals surface area contributed by atoms with Crippen molar-refractivity contribution < 1.29 is 17.9 Å². The zero-order valence-electron chi connectivity index (χ0n) is 19.5. The molecule has 1 aromatic heterocycles. The van der Waals surface area contributed by atoms with Crippen LogP contribution in [0.3, 0.4) is 0 Å². The lowest BCUT2D eigenvalue weighted by atomic mass is 10.1. The molecule has 0 atom stereocenters. The summed E-state index contributed by atoms with van der Waals surface area (Å²) < 4.78 is 35.5. The molecule has 11 heteroatoms. The van der Waals surface area contributed by atoms with E-state index in [1.807, 2.05) is 49.5 Å². The molecule has 0 saturated carbocycles. The molecule has 1 amide bonds. The highest BCUT2D eigenvalue weighted by atomic mass is 32.2. The standard InChI is InChI=1S/C25H24N4O4S3/c1-2-28-24(30)22(35-25(28)34)16-19-17-29(20-8-4-3-5-9-20)26-23(19)18-7-6-10-21(15-18)36(31,32)27-11-13-33-14-12-27/h3-10,15-17H,2,11-14H2,1H3. The van der Waals surface area contributed by atoms with Crippen LogP contribution in [0.2, 0.25) is 0 Å². The molecule has 0 bridgehead atoms. The van der Waals surface area contributed by atoms with Crippen molar-refractivity contribution in [2.45, 2.75) is 11.8 Å². The number of carbonyl (C=O) groups is 1. The van der Waals surface area contributed by atoms with Gasteiger partial charge in [-0.05, 0) is 37.3 Å². The van der Waals surface area contributed by atoms with Crippen LogP contribution in [0.1, 0.15) is 12.5 Å². The summed E-state index contributed by atoms with van der Waals surface area (Å²) >= 11 is 6.62. The summed E-state index contributed by atoms with van der Waals surface area (Å²) in [7, 11) is -3.68. The van der Waals surface area contributed by atoms with Crippen molar-refractivity contribution >= 4 is 50.3 Å². The number of likely N-dealkylation sites (N-methyl/N-ethyl adjacent to an activating group) is 1. The maximum Gasteiger partial charge on any atom is 0.266 e. The fourth-order valence-electron chi connectivity index (χ4n) is 4.08. The Hall–Kier alpha value is -2.83. The number of para-hydroxylation sites is 1. The highest BCUT2D eigenvalue weighted by Crippen LogP contribution is 2.35. The van der Waals surface area contributed by atoms with Crippen molar-refractivity contribution in [1.82, 2.24) is 19.0 Å². The molecule has 36 heavy (non-hydrogen) atoms. The second kappa shape index (κ2) is 10.3. The first-order chi connectivity index (χ1) is 17.4. The number of hydrogen-bond donors (Lipinski definition) is 0. The van der Waals surface area contributed by atoms with Crippen molar-refractivity contribution in [3.63, 3.8) is 0 Å². The van der Waals surface area contributed by atoms with Crippen LogP contribution in [0.5, 0.6) is 0 Å². The predicted octanol–water partition coefficient (Wildman–Crippen LogP) is 3.78. The molecule has 2 aliphatic rings. The van der Waals surface area contributed by atoms with E-state index in [2.05, 4.69) is 0 Å². The molecule has 0 aliphatic carbocycles. The molecule has 0 N–H and O–H groups in total. The van der Waals surface area contributed by atoms with Crippen molar-refractivity contribution in [2.24, 2.45) is 0 Å². The van der Waals surface area contributed by atoms with Gasteiger partial charge in [0.1, 0.15) is 10.0 Å². The van der Waals surface area contributed by atoms with Crippen molar-refractivity contribution in [1.29, 1.82) is 0 Å². The number of sulfonamides is 1. The number of hydrogen-bond acceptors (Lipinski definition) is 7. The molecule has 2 saturated heterocycles. The number of thioether (sulfide) groups is 1. The highest BCUT2D eigenvalue weighted by molar-refractivity contribution is 8.26. The molecule has 3 aromatic rings. The van der Waals surface area contributed by atoms with Gasteiger partial charge >= 0.3 is 0 Å². The van der Waals surface area contributed by atoms with Crippen molar-refractivity contribution in [3.8, 4) is 16.9 Å². The monoisotopic (exact) mass is 540 g/mol. The number of amides is 1. The Morgan fingerprint density at radius 3 is 2.56 bits per heavy atom. The summed E-state index contributed by atoms with van der Waals surface area (Å²) in [6.07, 6.45) is 3.62. The molecule has 3 heterocycles. The van der Waals surface area contributed by atoms with Crippen LogP contribution in [0, 0.1) is 0 Å². The molecule has 8 nitrogen and oxygen atoms in total. The second-order valence-corrected chi connectivity index (χ2v) is 11.8. The van der Waals surface area contributed by atoms with Crippen LogP contribution in [0.4, 0.5) is 0 Å². The van der Waals surface area contributed by atoms with E-state index < -0.39 is 10.0 Å². The van der Waals surface area contributed by atoms with Gasteiger partial charge in [-0.25, -0.2) is 13.1 Å². The summed E-state index contributed by atoms with van der Waals surface area (Å²) in [5, 5.41) is 4.79. The Kier molecular flexibility index (Phi) is 7.09. The first-order valence-electron chi connectivity index (χ1n) is 11.5. The first kappa shape index (κ1) is 24.8. The van der Waals surface area contributed by atoms with Crippen LogP contribution >= 0.6 is 24.0 Å². The van der Waals surface area contributed by atoms with Gasteiger partial charge < -0.3 is 4.74 Å². The summed E-state index contributed by atoms with van der Waals surface area (Å²) in [4.78, 5) is 15.1. The lowest BCUT2D eigenvalue weighted by Crippen LogP contribution is -2.40. The molecule has 2 aliphatic heterocycles. The van der Waals surface area contributed by atoms with Gasteiger partial charge in [0.05, 0.1) is 28.7 Å². The van der Waals surface area contributed by atoms with E-state index in [4.69, 9.17) is 22.1 Å². The van der Waals surface area contributed by atoms with Gasteiger partial charge in [0, 0.05) is 37.0 Å². The quantitative estimate of drug-likeness (QED) is 0.348. The van der Waals surface area contributed by atoms with Gasteiger partial charge in [0.25, 0.3) is 5.91 Å². The van der Waals surface area contributed by atoms with E-state index in [0.29, 0.717) is 58.9 Å². The topological polar surface area (TPSA) is 84.7 Å². The van der Waals surface area contributed by atoms with Crippen molar-refractivity contribution in [2.75, 3.05) is 32.8 Å². The third-order valence-electron chi connectivity index (χ3n) is 5.95. The van der Waals surface area contributed by atoms with E-state index in [9.17, 15) is 13.2 Å². The number of morpholine rings is 1. The molecular weight excluding hydrogens is 517 g/mol. The van der Waals surface area contributed by atoms with E-state index in [1.54, 1.807) is 33.9 Å². The largest absolute Gasteiger partial charge is 0.379 e. The number of nitrogens with zero attached hydrogens (tertiary/aromatic N) is 4. The summed E-state index contributed by atoms with van der Waals surface area (Å²) in [6.45, 7) is 3.77. The van der Waals surface area contributed by atoms with Crippen LogP contribution < -0.4 is 0 Å². The number of aromatic nitrogens is 2. The Morgan fingerprint density at radius 2 is 1.86 bits per heavy atom. The van der Waals surface area contributed by atoms with Gasteiger partial charge in [0.15, 0.2) is 0 Å². The van der Waals surface area contributed by atoms with E-state index in [0.717, 1.165) is 5.69 Å². The zero-order valence-corrected chi connectivity index (χ0v) is 22.0. The third kappa shape index (κ3) is 4.76. The predicted molar refractivity (Wildman–Crippen MR) is 144 cm³/mol. The Morgan fingerprint density at radius 1 is 1.11 bits per heavy atom. The fraction of sp³-hybridized carbons (Fsp3) is 0.240. The molecule has 186 valence electrons. The number of benzene rings is 2. The number of rotatable bonds is 6. The van der Waals surface area contributed by atoms with Crippen LogP contribution in [-0.2, 0) is 19.6 Å². The van der Waals surface area contributed by atoms with Crippen molar-refractivity contribution in [3.05, 3.63) is 71.3 Å². The maximum atomic E-state index is 13.3. The molecule has 2 fully saturated rings. The normalized spacial score (nSPS) is 18.4. The molecule has 0 unspecified atom stereocenters. The van der Waals surface area contributed by atoms with Gasteiger partial charge in [-0.1, -0.05) is 54.3 Å². The average molecular weight is 541 g/mol. The molecule has 5 rings (SSSR count). The molecule has 0 spiro atoms. The third-order valence-corrected chi connectivity index (χ3v) is 9.23. The number of carbonyl (C=O) groups excluding carboxylic acids is 1. The lowest BCUT2D eigenvalue weighted by Gasteiger charge is -2.26. The highest BCUT2D eigenvalue weighted by Gasteiger charge is 2.31.